The third-order valence-corrected chi connectivity index (χ3v) is 3.93. The Labute approximate surface area is 108 Å². The van der Waals surface area contributed by atoms with Crippen molar-refractivity contribution in [1.82, 2.24) is 5.32 Å². The van der Waals surface area contributed by atoms with E-state index in [1.165, 1.54) is 17.7 Å². The Morgan fingerprint density at radius 3 is 2.69 bits per heavy atom. The molecule has 1 rings (SSSR count). The average Bonchev–Trinajstić information content (AvgIpc) is 2.60. The molecule has 0 aliphatic carbocycles. The van der Waals surface area contributed by atoms with Crippen molar-refractivity contribution in [1.29, 1.82) is 0 Å². The molecule has 0 bridgehead atoms. The van der Waals surface area contributed by atoms with Gasteiger partial charge >= 0.3 is 0 Å². The summed E-state index contributed by atoms with van der Waals surface area (Å²) in [4.78, 5) is 1.40. The van der Waals surface area contributed by atoms with Crippen molar-refractivity contribution in [3.8, 4) is 0 Å². The summed E-state index contributed by atoms with van der Waals surface area (Å²) < 4.78 is 0.902. The van der Waals surface area contributed by atoms with Gasteiger partial charge in [0.1, 0.15) is 0 Å². The standard InChI is InChI=1S/C13H22ClNS/c1-4-7-15-11(3)8-10(2)9-12-5-6-13(14)16-12/h5-6,10-11,15H,4,7-9H2,1-3H3. The summed E-state index contributed by atoms with van der Waals surface area (Å²) in [6.07, 6.45) is 3.59. The summed E-state index contributed by atoms with van der Waals surface area (Å²) >= 11 is 7.63. The van der Waals surface area contributed by atoms with Gasteiger partial charge in [-0.1, -0.05) is 25.4 Å². The highest BCUT2D eigenvalue weighted by atomic mass is 35.5. The monoisotopic (exact) mass is 259 g/mol. The van der Waals surface area contributed by atoms with Crippen molar-refractivity contribution in [3.05, 3.63) is 21.3 Å². The second-order valence-electron chi connectivity index (χ2n) is 4.61. The van der Waals surface area contributed by atoms with Gasteiger partial charge in [-0.05, 0) is 50.8 Å². The Hall–Kier alpha value is -0.0500. The van der Waals surface area contributed by atoms with Crippen LogP contribution in [0.25, 0.3) is 0 Å². The predicted octanol–water partition coefficient (Wildman–Crippen LogP) is 4.36. The number of thiophene rings is 1. The minimum Gasteiger partial charge on any atom is -0.314 e. The fourth-order valence-electron chi connectivity index (χ4n) is 1.97. The van der Waals surface area contributed by atoms with Crippen molar-refractivity contribution < 1.29 is 0 Å². The molecule has 3 heteroatoms. The summed E-state index contributed by atoms with van der Waals surface area (Å²) in [6, 6.07) is 4.76. The summed E-state index contributed by atoms with van der Waals surface area (Å²) in [5, 5.41) is 3.53. The van der Waals surface area contributed by atoms with Crippen molar-refractivity contribution in [3.63, 3.8) is 0 Å². The highest BCUT2D eigenvalue weighted by Crippen LogP contribution is 2.25. The fraction of sp³-hybridized carbons (Fsp3) is 0.692. The number of nitrogens with one attached hydrogen (secondary N) is 1. The van der Waals surface area contributed by atoms with E-state index in [1.807, 2.05) is 6.07 Å². The molecule has 1 nitrogen and oxygen atoms in total. The molecule has 0 aliphatic heterocycles. The van der Waals surface area contributed by atoms with E-state index in [2.05, 4.69) is 32.2 Å². The van der Waals surface area contributed by atoms with E-state index < -0.39 is 0 Å². The van der Waals surface area contributed by atoms with Crippen LogP contribution in [0.4, 0.5) is 0 Å². The Morgan fingerprint density at radius 2 is 2.12 bits per heavy atom. The lowest BCUT2D eigenvalue weighted by atomic mass is 9.98. The lowest BCUT2D eigenvalue weighted by Crippen LogP contribution is -2.28. The largest absolute Gasteiger partial charge is 0.314 e. The van der Waals surface area contributed by atoms with Crippen LogP contribution in [0.15, 0.2) is 12.1 Å². The van der Waals surface area contributed by atoms with Crippen molar-refractivity contribution in [2.45, 2.75) is 46.1 Å². The molecule has 0 spiro atoms. The van der Waals surface area contributed by atoms with Gasteiger partial charge in [0.05, 0.1) is 4.34 Å². The molecular weight excluding hydrogens is 238 g/mol. The Morgan fingerprint density at radius 1 is 1.38 bits per heavy atom. The normalized spacial score (nSPS) is 15.0. The molecule has 1 heterocycles. The third kappa shape index (κ3) is 5.33. The SMILES string of the molecule is CCCNC(C)CC(C)Cc1ccc(Cl)s1. The summed E-state index contributed by atoms with van der Waals surface area (Å²) in [5.41, 5.74) is 0. The van der Waals surface area contributed by atoms with E-state index >= 15 is 0 Å². The molecule has 1 N–H and O–H groups in total. The summed E-state index contributed by atoms with van der Waals surface area (Å²) in [7, 11) is 0. The summed E-state index contributed by atoms with van der Waals surface area (Å²) in [6.45, 7) is 7.92. The molecule has 1 aromatic rings. The van der Waals surface area contributed by atoms with Gasteiger partial charge in [0.15, 0.2) is 0 Å². The van der Waals surface area contributed by atoms with Crippen molar-refractivity contribution in [2.24, 2.45) is 5.92 Å². The Bertz CT molecular complexity index is 298. The van der Waals surface area contributed by atoms with Gasteiger partial charge in [0, 0.05) is 10.9 Å². The first-order valence-electron chi connectivity index (χ1n) is 6.09. The Kier molecular flexibility index (Phi) is 6.40. The zero-order valence-electron chi connectivity index (χ0n) is 10.4. The van der Waals surface area contributed by atoms with E-state index in [1.54, 1.807) is 11.3 Å². The fourth-order valence-corrected chi connectivity index (χ4v) is 3.22. The molecule has 0 aliphatic rings. The van der Waals surface area contributed by atoms with Crippen LogP contribution in [0.1, 0.15) is 38.5 Å². The average molecular weight is 260 g/mol. The minimum absolute atomic E-state index is 0.616. The van der Waals surface area contributed by atoms with Crippen LogP contribution in [0.5, 0.6) is 0 Å². The van der Waals surface area contributed by atoms with Crippen molar-refractivity contribution >= 4 is 22.9 Å². The highest BCUT2D eigenvalue weighted by Gasteiger charge is 2.10. The first-order chi connectivity index (χ1) is 7.61. The molecule has 0 radical (unpaired) electrons. The molecule has 16 heavy (non-hydrogen) atoms. The van der Waals surface area contributed by atoms with Crippen LogP contribution in [0.2, 0.25) is 4.34 Å². The number of hydrogen-bond acceptors (Lipinski definition) is 2. The maximum absolute atomic E-state index is 5.92. The minimum atomic E-state index is 0.616. The Balaban J connectivity index is 2.27. The molecule has 0 saturated carbocycles. The number of hydrogen-bond donors (Lipinski definition) is 1. The van der Waals surface area contributed by atoms with Crippen molar-refractivity contribution in [2.75, 3.05) is 6.54 Å². The van der Waals surface area contributed by atoms with Crippen LogP contribution < -0.4 is 5.32 Å². The van der Waals surface area contributed by atoms with Crippen LogP contribution in [-0.4, -0.2) is 12.6 Å². The maximum Gasteiger partial charge on any atom is 0.0931 e. The number of rotatable bonds is 7. The highest BCUT2D eigenvalue weighted by molar-refractivity contribution is 7.16. The van der Waals surface area contributed by atoms with Crippen LogP contribution in [0.3, 0.4) is 0 Å². The molecular formula is C13H22ClNS. The molecule has 0 amide bonds. The number of halogens is 1. The molecule has 0 fully saturated rings. The lowest BCUT2D eigenvalue weighted by Gasteiger charge is -2.17. The first-order valence-corrected chi connectivity index (χ1v) is 7.28. The van der Waals surface area contributed by atoms with Gasteiger partial charge < -0.3 is 5.32 Å². The first kappa shape index (κ1) is 14.0. The van der Waals surface area contributed by atoms with E-state index in [9.17, 15) is 0 Å². The molecule has 92 valence electrons. The van der Waals surface area contributed by atoms with E-state index in [-0.39, 0.29) is 0 Å². The quantitative estimate of drug-likeness (QED) is 0.767. The van der Waals surface area contributed by atoms with E-state index in [4.69, 9.17) is 11.6 Å². The predicted molar refractivity (Wildman–Crippen MR) is 74.6 cm³/mol. The third-order valence-electron chi connectivity index (χ3n) is 2.68. The topological polar surface area (TPSA) is 12.0 Å². The van der Waals surface area contributed by atoms with Crippen LogP contribution in [-0.2, 0) is 6.42 Å². The smallest absolute Gasteiger partial charge is 0.0931 e. The maximum atomic E-state index is 5.92. The second kappa shape index (κ2) is 7.31. The van der Waals surface area contributed by atoms with Gasteiger partial charge in [-0.25, -0.2) is 0 Å². The van der Waals surface area contributed by atoms with Gasteiger partial charge in [-0.2, -0.15) is 0 Å². The van der Waals surface area contributed by atoms with E-state index in [0.29, 0.717) is 12.0 Å². The van der Waals surface area contributed by atoms with Gasteiger partial charge in [-0.15, -0.1) is 11.3 Å². The summed E-state index contributed by atoms with van der Waals surface area (Å²) in [5.74, 6) is 0.717. The second-order valence-corrected chi connectivity index (χ2v) is 6.41. The molecule has 0 saturated heterocycles. The van der Waals surface area contributed by atoms with Crippen LogP contribution >= 0.6 is 22.9 Å². The van der Waals surface area contributed by atoms with Gasteiger partial charge in [0.2, 0.25) is 0 Å². The van der Waals surface area contributed by atoms with Gasteiger partial charge in [-0.3, -0.25) is 0 Å². The zero-order valence-corrected chi connectivity index (χ0v) is 12.0. The van der Waals surface area contributed by atoms with Gasteiger partial charge in [0.25, 0.3) is 0 Å². The molecule has 0 aromatic carbocycles. The molecule has 2 unspecified atom stereocenters. The zero-order chi connectivity index (χ0) is 12.0. The molecule has 1 aromatic heterocycles. The van der Waals surface area contributed by atoms with E-state index in [0.717, 1.165) is 17.3 Å². The molecule has 2 atom stereocenters. The van der Waals surface area contributed by atoms with Crippen LogP contribution in [0, 0.1) is 5.92 Å². The lowest BCUT2D eigenvalue weighted by molar-refractivity contribution is 0.421.